The molecule has 1 aliphatic carbocycles. The highest BCUT2D eigenvalue weighted by atomic mass is 16.4. The van der Waals surface area contributed by atoms with E-state index < -0.39 is 0 Å². The minimum atomic E-state index is 0.124. The minimum Gasteiger partial charge on any atom is -0.445 e. The monoisotopic (exact) mass is 220 g/mol. The summed E-state index contributed by atoms with van der Waals surface area (Å²) in [5, 5.41) is 0. The van der Waals surface area contributed by atoms with Crippen molar-refractivity contribution in [3.63, 3.8) is 0 Å². The normalized spacial score (nSPS) is 20.4. The molecular formula is C12H16N2O2. The van der Waals surface area contributed by atoms with Crippen molar-refractivity contribution in [2.45, 2.75) is 45.1 Å². The Balaban J connectivity index is 1.82. The fourth-order valence-electron chi connectivity index (χ4n) is 2.32. The molecule has 0 aromatic carbocycles. The first-order valence-corrected chi connectivity index (χ1v) is 5.98. The topological polar surface area (TPSA) is 46.3 Å². The molecule has 3 rings (SSSR count). The molecule has 0 spiro atoms. The van der Waals surface area contributed by atoms with Crippen LogP contribution in [-0.2, 0) is 17.8 Å². The van der Waals surface area contributed by atoms with E-state index in [2.05, 4.69) is 4.98 Å². The SMILES string of the molecule is CC(=O)N1CCc2oc(C3CCC3)nc2C1. The van der Waals surface area contributed by atoms with Crippen molar-refractivity contribution in [2.75, 3.05) is 6.54 Å². The summed E-state index contributed by atoms with van der Waals surface area (Å²) in [7, 11) is 0. The van der Waals surface area contributed by atoms with Gasteiger partial charge in [-0.1, -0.05) is 6.42 Å². The Kier molecular flexibility index (Phi) is 2.23. The molecule has 1 aromatic heterocycles. The number of rotatable bonds is 1. The number of aromatic nitrogens is 1. The third-order valence-electron chi connectivity index (χ3n) is 3.64. The van der Waals surface area contributed by atoms with Crippen LogP contribution in [0.1, 0.15) is 49.4 Å². The van der Waals surface area contributed by atoms with Crippen molar-refractivity contribution < 1.29 is 9.21 Å². The lowest BCUT2D eigenvalue weighted by Gasteiger charge is -2.23. The highest BCUT2D eigenvalue weighted by Gasteiger charge is 2.29. The quantitative estimate of drug-likeness (QED) is 0.725. The molecule has 0 N–H and O–H groups in total. The van der Waals surface area contributed by atoms with Crippen LogP contribution in [0.3, 0.4) is 0 Å². The van der Waals surface area contributed by atoms with Crippen LogP contribution in [0.5, 0.6) is 0 Å². The van der Waals surface area contributed by atoms with E-state index in [4.69, 9.17) is 4.42 Å². The molecule has 2 aliphatic rings. The Bertz CT molecular complexity index is 421. The predicted octanol–water partition coefficient (Wildman–Crippen LogP) is 1.85. The number of amides is 1. The second-order valence-electron chi connectivity index (χ2n) is 4.74. The molecule has 0 unspecified atom stereocenters. The first-order chi connectivity index (χ1) is 7.74. The average Bonchev–Trinajstić information content (AvgIpc) is 2.56. The van der Waals surface area contributed by atoms with Gasteiger partial charge in [-0.3, -0.25) is 4.79 Å². The van der Waals surface area contributed by atoms with Crippen molar-refractivity contribution >= 4 is 5.91 Å². The summed E-state index contributed by atoms with van der Waals surface area (Å²) in [6.45, 7) is 3.00. The van der Waals surface area contributed by atoms with E-state index in [0.29, 0.717) is 12.5 Å². The third-order valence-corrected chi connectivity index (χ3v) is 3.64. The smallest absolute Gasteiger partial charge is 0.219 e. The fourth-order valence-corrected chi connectivity index (χ4v) is 2.32. The number of fused-ring (bicyclic) bond motifs is 1. The maximum absolute atomic E-state index is 11.3. The van der Waals surface area contributed by atoms with Crippen LogP contribution >= 0.6 is 0 Å². The van der Waals surface area contributed by atoms with Gasteiger partial charge in [0.25, 0.3) is 0 Å². The Morgan fingerprint density at radius 2 is 2.31 bits per heavy atom. The molecule has 1 saturated carbocycles. The van der Waals surface area contributed by atoms with E-state index in [-0.39, 0.29) is 5.91 Å². The van der Waals surface area contributed by atoms with Crippen LogP contribution in [0.25, 0.3) is 0 Å². The van der Waals surface area contributed by atoms with E-state index >= 15 is 0 Å². The number of carbonyl (C=O) groups excluding carboxylic acids is 1. The maximum Gasteiger partial charge on any atom is 0.219 e. The van der Waals surface area contributed by atoms with Gasteiger partial charge in [-0.2, -0.15) is 0 Å². The number of hydrogen-bond donors (Lipinski definition) is 0. The van der Waals surface area contributed by atoms with Crippen molar-refractivity contribution in [2.24, 2.45) is 0 Å². The maximum atomic E-state index is 11.3. The molecule has 0 bridgehead atoms. The molecule has 0 atom stereocenters. The first kappa shape index (κ1) is 9.87. The van der Waals surface area contributed by atoms with E-state index in [9.17, 15) is 4.79 Å². The zero-order chi connectivity index (χ0) is 11.1. The molecule has 16 heavy (non-hydrogen) atoms. The third kappa shape index (κ3) is 1.52. The van der Waals surface area contributed by atoms with Gasteiger partial charge in [-0.05, 0) is 12.8 Å². The molecule has 4 nitrogen and oxygen atoms in total. The second-order valence-corrected chi connectivity index (χ2v) is 4.74. The van der Waals surface area contributed by atoms with Gasteiger partial charge in [0.1, 0.15) is 11.5 Å². The highest BCUT2D eigenvalue weighted by Crippen LogP contribution is 2.37. The van der Waals surface area contributed by atoms with E-state index in [1.165, 1.54) is 19.3 Å². The summed E-state index contributed by atoms with van der Waals surface area (Å²) in [4.78, 5) is 17.7. The Morgan fingerprint density at radius 3 is 2.94 bits per heavy atom. The molecule has 1 amide bonds. The second kappa shape index (κ2) is 3.61. The van der Waals surface area contributed by atoms with Gasteiger partial charge in [0, 0.05) is 25.8 Å². The van der Waals surface area contributed by atoms with Crippen LogP contribution in [0.2, 0.25) is 0 Å². The summed E-state index contributed by atoms with van der Waals surface area (Å²) < 4.78 is 5.79. The average molecular weight is 220 g/mol. The predicted molar refractivity (Wildman–Crippen MR) is 57.9 cm³/mol. The van der Waals surface area contributed by atoms with Gasteiger partial charge in [0.05, 0.1) is 6.54 Å². The molecule has 86 valence electrons. The van der Waals surface area contributed by atoms with Crippen LogP contribution < -0.4 is 0 Å². The molecule has 0 saturated heterocycles. The van der Waals surface area contributed by atoms with Gasteiger partial charge >= 0.3 is 0 Å². The lowest BCUT2D eigenvalue weighted by atomic mass is 9.85. The zero-order valence-electron chi connectivity index (χ0n) is 9.53. The Morgan fingerprint density at radius 1 is 1.50 bits per heavy atom. The minimum absolute atomic E-state index is 0.124. The molecule has 0 radical (unpaired) electrons. The number of hydrogen-bond acceptors (Lipinski definition) is 3. The lowest BCUT2D eigenvalue weighted by molar-refractivity contribution is -0.129. The lowest BCUT2D eigenvalue weighted by Crippen LogP contribution is -2.33. The van der Waals surface area contributed by atoms with Gasteiger partial charge in [0.2, 0.25) is 5.91 Å². The Labute approximate surface area is 94.6 Å². The summed E-state index contributed by atoms with van der Waals surface area (Å²) in [5.74, 6) is 2.57. The number of nitrogens with zero attached hydrogens (tertiary/aromatic N) is 2. The van der Waals surface area contributed by atoms with Crippen LogP contribution in [-0.4, -0.2) is 22.3 Å². The first-order valence-electron chi connectivity index (χ1n) is 5.98. The summed E-state index contributed by atoms with van der Waals surface area (Å²) >= 11 is 0. The zero-order valence-corrected chi connectivity index (χ0v) is 9.53. The molecular weight excluding hydrogens is 204 g/mol. The molecule has 4 heteroatoms. The van der Waals surface area contributed by atoms with Crippen molar-refractivity contribution in [1.82, 2.24) is 9.88 Å². The van der Waals surface area contributed by atoms with Crippen LogP contribution in [0, 0.1) is 0 Å². The molecule has 2 heterocycles. The van der Waals surface area contributed by atoms with Crippen LogP contribution in [0.15, 0.2) is 4.42 Å². The van der Waals surface area contributed by atoms with E-state index in [0.717, 1.165) is 30.3 Å². The van der Waals surface area contributed by atoms with Crippen molar-refractivity contribution in [3.05, 3.63) is 17.3 Å². The van der Waals surface area contributed by atoms with Crippen molar-refractivity contribution in [3.8, 4) is 0 Å². The highest BCUT2D eigenvalue weighted by molar-refractivity contribution is 5.73. The summed E-state index contributed by atoms with van der Waals surface area (Å²) in [6.07, 6.45) is 4.51. The van der Waals surface area contributed by atoms with Crippen molar-refractivity contribution in [1.29, 1.82) is 0 Å². The molecule has 1 fully saturated rings. The van der Waals surface area contributed by atoms with Gasteiger partial charge in [-0.25, -0.2) is 4.98 Å². The van der Waals surface area contributed by atoms with E-state index in [1.54, 1.807) is 6.92 Å². The van der Waals surface area contributed by atoms with E-state index in [1.807, 2.05) is 4.90 Å². The number of carbonyl (C=O) groups is 1. The molecule has 1 aromatic rings. The van der Waals surface area contributed by atoms with Gasteiger partial charge in [0.15, 0.2) is 5.89 Å². The standard InChI is InChI=1S/C12H16N2O2/c1-8(15)14-6-5-11-10(7-14)13-12(16-11)9-3-2-4-9/h9H,2-7H2,1H3. The Hall–Kier alpha value is -1.32. The van der Waals surface area contributed by atoms with Gasteiger partial charge in [-0.15, -0.1) is 0 Å². The van der Waals surface area contributed by atoms with Crippen LogP contribution in [0.4, 0.5) is 0 Å². The fraction of sp³-hybridized carbons (Fsp3) is 0.667. The summed E-state index contributed by atoms with van der Waals surface area (Å²) in [6, 6.07) is 0. The molecule has 1 aliphatic heterocycles. The van der Waals surface area contributed by atoms with Gasteiger partial charge < -0.3 is 9.32 Å². The summed E-state index contributed by atoms with van der Waals surface area (Å²) in [5.41, 5.74) is 0.975. The largest absolute Gasteiger partial charge is 0.445 e. The number of oxazole rings is 1.